The molecule has 1 atom stereocenters. The number of phenolic OH excluding ortho intramolecular Hbond substituents is 2. The van der Waals surface area contributed by atoms with Gasteiger partial charge in [0.25, 0.3) is 0 Å². The molecule has 2 saturated heterocycles. The van der Waals surface area contributed by atoms with Crippen molar-refractivity contribution >= 4 is 70.5 Å². The maximum atomic E-state index is 13.6. The van der Waals surface area contributed by atoms with Crippen molar-refractivity contribution in [2.75, 3.05) is 64.2 Å². The van der Waals surface area contributed by atoms with Gasteiger partial charge in [-0.1, -0.05) is 6.42 Å². The smallest absolute Gasteiger partial charge is 0.343 e. The number of hydrogen-bond donors (Lipinski definition) is 3. The van der Waals surface area contributed by atoms with E-state index in [4.69, 9.17) is 32.5 Å². The molecule has 0 spiro atoms. The highest BCUT2D eigenvalue weighted by Gasteiger charge is 2.33. The summed E-state index contributed by atoms with van der Waals surface area (Å²) in [6.07, 6.45) is 4.74. The Morgan fingerprint density at radius 2 is 1.61 bits per heavy atom. The van der Waals surface area contributed by atoms with E-state index in [1.807, 2.05) is 24.3 Å². The normalized spacial score (nSPS) is 18.3. The topological polar surface area (TPSA) is 112 Å². The van der Waals surface area contributed by atoms with E-state index >= 15 is 0 Å². The van der Waals surface area contributed by atoms with Gasteiger partial charge in [-0.25, -0.2) is 9.76 Å². The minimum atomic E-state index is -2.84. The van der Waals surface area contributed by atoms with Crippen LogP contribution in [0.4, 0.5) is 0 Å². The van der Waals surface area contributed by atoms with Crippen molar-refractivity contribution in [3.8, 4) is 27.7 Å². The highest BCUT2D eigenvalue weighted by Crippen LogP contribution is 2.48. The summed E-state index contributed by atoms with van der Waals surface area (Å²) in [6, 6.07) is 19.2. The average molecular weight is 771 g/mol. The molecule has 49 heavy (non-hydrogen) atoms. The van der Waals surface area contributed by atoms with E-state index in [0.29, 0.717) is 49.2 Å². The summed E-state index contributed by atoms with van der Waals surface area (Å²) in [5, 5.41) is 23.3. The minimum Gasteiger partial charge on any atom is -0.508 e. The number of benzene rings is 3. The van der Waals surface area contributed by atoms with Crippen molar-refractivity contribution in [3.63, 3.8) is 0 Å². The Bertz CT molecular complexity index is 1680. The second kappa shape index (κ2) is 19.3. The number of ketones is 1. The molecule has 6 rings (SSSR count). The van der Waals surface area contributed by atoms with Crippen molar-refractivity contribution < 1.29 is 28.8 Å². The minimum absolute atomic E-state index is 0. The lowest BCUT2D eigenvalue weighted by atomic mass is 9.97. The number of piperidine rings is 1. The molecule has 266 valence electrons. The lowest BCUT2D eigenvalue weighted by Gasteiger charge is -2.34. The third-order valence-electron chi connectivity index (χ3n) is 8.22. The first-order chi connectivity index (χ1) is 23.3. The van der Waals surface area contributed by atoms with E-state index < -0.39 is 7.67 Å². The van der Waals surface area contributed by atoms with Gasteiger partial charge in [0.2, 0.25) is 0 Å². The second-order valence-electron chi connectivity index (χ2n) is 11.6. The molecular formula is C35H43Cl3N3O6PS. The van der Waals surface area contributed by atoms with Gasteiger partial charge in [-0.3, -0.25) is 14.3 Å². The van der Waals surface area contributed by atoms with Crippen LogP contribution in [-0.2, 0) is 9.09 Å². The van der Waals surface area contributed by atoms with Crippen molar-refractivity contribution in [3.05, 3.63) is 77.9 Å². The monoisotopic (exact) mass is 769 g/mol. The molecule has 3 aromatic carbocycles. The number of ether oxygens (including phenoxy) is 1. The number of nitrogens with one attached hydrogen (secondary N) is 1. The Morgan fingerprint density at radius 3 is 2.31 bits per heavy atom. The van der Waals surface area contributed by atoms with Crippen LogP contribution in [0.15, 0.2) is 66.7 Å². The van der Waals surface area contributed by atoms with Gasteiger partial charge >= 0.3 is 7.67 Å². The maximum absolute atomic E-state index is 13.6. The average Bonchev–Trinajstić information content (AvgIpc) is 3.48. The molecule has 0 aliphatic carbocycles. The summed E-state index contributed by atoms with van der Waals surface area (Å²) in [7, 11) is -2.84. The number of fused-ring (bicyclic) bond motifs is 1. The molecule has 0 bridgehead atoms. The number of halogens is 3. The van der Waals surface area contributed by atoms with Crippen LogP contribution in [0.5, 0.6) is 17.2 Å². The van der Waals surface area contributed by atoms with Crippen LogP contribution >= 0.6 is 54.6 Å². The molecule has 4 aromatic rings. The number of carbonyl (C=O) groups excluding carboxylic acids is 1. The third kappa shape index (κ3) is 10.6. The molecule has 2 aliphatic rings. The zero-order valence-corrected chi connectivity index (χ0v) is 31.2. The van der Waals surface area contributed by atoms with Gasteiger partial charge in [-0.15, -0.1) is 46.9 Å². The summed E-state index contributed by atoms with van der Waals surface area (Å²) in [6.45, 7) is 6.21. The molecule has 1 unspecified atom stereocenters. The Balaban J connectivity index is 0.000000305. The number of aromatic hydroxyl groups is 2. The molecular weight excluding hydrogens is 728 g/mol. The first-order valence-corrected chi connectivity index (χ1v) is 19.7. The number of likely N-dealkylation sites (tertiary alicyclic amines) is 1. The van der Waals surface area contributed by atoms with E-state index in [-0.39, 0.29) is 29.7 Å². The number of thiophene rings is 1. The summed E-state index contributed by atoms with van der Waals surface area (Å²) < 4.78 is 26.0. The lowest BCUT2D eigenvalue weighted by Crippen LogP contribution is -2.36. The molecule has 2 aliphatic heterocycles. The van der Waals surface area contributed by atoms with E-state index in [1.54, 1.807) is 47.1 Å². The van der Waals surface area contributed by atoms with Crippen LogP contribution in [-0.4, -0.2) is 89.8 Å². The highest BCUT2D eigenvalue weighted by molar-refractivity contribution is 7.54. The second-order valence-corrected chi connectivity index (χ2v) is 15.6. The lowest BCUT2D eigenvalue weighted by molar-refractivity contribution is 0.104. The third-order valence-corrected chi connectivity index (χ3v) is 12.1. The fourth-order valence-electron chi connectivity index (χ4n) is 5.77. The quantitative estimate of drug-likeness (QED) is 0.0744. The van der Waals surface area contributed by atoms with Crippen LogP contribution in [0.25, 0.3) is 20.5 Å². The number of phenols is 2. The first kappa shape index (κ1) is 39.4. The molecule has 3 N–H and O–H groups in total. The molecule has 3 heterocycles. The predicted octanol–water partition coefficient (Wildman–Crippen LogP) is 8.38. The Labute approximate surface area is 308 Å². The summed E-state index contributed by atoms with van der Waals surface area (Å²) in [5.74, 6) is 1.88. The van der Waals surface area contributed by atoms with Crippen molar-refractivity contribution in [1.29, 1.82) is 0 Å². The molecule has 0 saturated carbocycles. The van der Waals surface area contributed by atoms with Gasteiger partial charge in [-0.05, 0) is 105 Å². The largest absolute Gasteiger partial charge is 0.508 e. The predicted molar refractivity (Wildman–Crippen MR) is 203 cm³/mol. The molecule has 1 aromatic heterocycles. The summed E-state index contributed by atoms with van der Waals surface area (Å²) >= 11 is 12.6. The van der Waals surface area contributed by atoms with Crippen molar-refractivity contribution in [1.82, 2.24) is 14.7 Å². The first-order valence-electron chi connectivity index (χ1n) is 16.2. The van der Waals surface area contributed by atoms with Gasteiger partial charge in [-0.2, -0.15) is 0 Å². The number of hydrogen-bond acceptors (Lipinski definition) is 8. The van der Waals surface area contributed by atoms with E-state index in [0.717, 1.165) is 58.9 Å². The fourth-order valence-corrected chi connectivity index (χ4v) is 9.55. The van der Waals surface area contributed by atoms with Crippen molar-refractivity contribution in [2.45, 2.75) is 25.7 Å². The van der Waals surface area contributed by atoms with Crippen LogP contribution in [0.1, 0.15) is 41.6 Å². The maximum Gasteiger partial charge on any atom is 0.343 e. The standard InChI is InChI=1S/C28H27NO4S.C7H15Cl2N2O2P.ClH/c30-21-8-4-20(5-9-21)28-26(24-13-10-22(31)18-25(24)34-28)27(32)19-6-11-23(12-7-19)33-17-16-29-14-2-1-3-15-29;8-2-4-10-14(12)11(6-3-9)5-1-7-13-14;/h4-13,18,30-31H,1-3,14-17H2;1-7H2,(H,10,12);1H. The van der Waals surface area contributed by atoms with Crippen LogP contribution in [0.2, 0.25) is 0 Å². The van der Waals surface area contributed by atoms with Gasteiger partial charge in [0.15, 0.2) is 5.78 Å². The zero-order chi connectivity index (χ0) is 33.9. The summed E-state index contributed by atoms with van der Waals surface area (Å²) in [5.41, 5.74) is 2.03. The van der Waals surface area contributed by atoms with Gasteiger partial charge < -0.3 is 19.5 Å². The van der Waals surface area contributed by atoms with Crippen LogP contribution in [0.3, 0.4) is 0 Å². The Morgan fingerprint density at radius 1 is 0.898 bits per heavy atom. The molecule has 2 fully saturated rings. The van der Waals surface area contributed by atoms with Crippen LogP contribution in [0, 0.1) is 0 Å². The highest BCUT2D eigenvalue weighted by atomic mass is 35.5. The number of nitrogens with zero attached hydrogens (tertiary/aromatic N) is 2. The van der Waals surface area contributed by atoms with Crippen LogP contribution < -0.4 is 9.82 Å². The molecule has 0 amide bonds. The number of carbonyl (C=O) groups is 1. The molecule has 14 heteroatoms. The van der Waals surface area contributed by atoms with E-state index in [2.05, 4.69) is 9.99 Å². The fraction of sp³-hybridized carbons (Fsp3) is 0.400. The Hall–Kier alpha value is -2.37. The summed E-state index contributed by atoms with van der Waals surface area (Å²) in [4.78, 5) is 16.9. The van der Waals surface area contributed by atoms with Gasteiger partial charge in [0.1, 0.15) is 23.9 Å². The molecule has 0 radical (unpaired) electrons. The van der Waals surface area contributed by atoms with Gasteiger partial charge in [0, 0.05) is 64.0 Å². The number of rotatable bonds is 12. The zero-order valence-electron chi connectivity index (χ0n) is 27.2. The molecule has 9 nitrogen and oxygen atoms in total. The SMILES string of the molecule is Cl.O=C(c1ccc(OCCN2CCCCC2)cc1)c1c(-c2ccc(O)cc2)sc2cc(O)ccc12.O=P1(NCCCl)OCCCN1CCCl. The van der Waals surface area contributed by atoms with E-state index in [9.17, 15) is 19.6 Å². The number of alkyl halides is 2. The van der Waals surface area contributed by atoms with E-state index in [1.165, 1.54) is 30.6 Å². The Kier molecular flexibility index (Phi) is 15.5. The van der Waals surface area contributed by atoms with Crippen molar-refractivity contribution in [2.24, 2.45) is 0 Å². The van der Waals surface area contributed by atoms with Gasteiger partial charge in [0.05, 0.1) is 6.61 Å².